The number of hydrogen-bond acceptors (Lipinski definition) is 2. The molecule has 1 heterocycles. The summed E-state index contributed by atoms with van der Waals surface area (Å²) in [5, 5.41) is 0. The van der Waals surface area contributed by atoms with Gasteiger partial charge in [0.05, 0.1) is 40.3 Å². The molecule has 0 spiro atoms. The number of rotatable bonds is 7. The Kier molecular flexibility index (Phi) is 7.23. The number of piperazine rings is 1. The zero-order chi connectivity index (χ0) is 20.8. The SMILES string of the molecule is COc1ccc(C[NH+](C)CC(=O)N2CC[NH+](Cc3ccccc3C)CC2)cc1F. The third kappa shape index (κ3) is 5.78. The smallest absolute Gasteiger partial charge is 0.278 e. The standard InChI is InChI=1S/C23H30FN3O2/c1-18-6-4-5-7-20(18)16-26-10-12-27(13-11-26)23(28)17-25(2)15-19-8-9-22(29-3)21(24)14-19/h4-9,14H,10-13,15-17H2,1-3H3/p+2. The molecule has 1 unspecified atom stereocenters. The minimum Gasteiger partial charge on any atom is -0.494 e. The van der Waals surface area contributed by atoms with E-state index in [1.54, 1.807) is 6.07 Å². The Morgan fingerprint density at radius 2 is 1.93 bits per heavy atom. The van der Waals surface area contributed by atoms with E-state index in [0.29, 0.717) is 13.1 Å². The van der Waals surface area contributed by atoms with Crippen LogP contribution >= 0.6 is 0 Å². The molecular formula is C23H32FN3O2+2. The number of halogens is 1. The summed E-state index contributed by atoms with van der Waals surface area (Å²) in [7, 11) is 3.43. The molecule has 0 aliphatic carbocycles. The highest BCUT2D eigenvalue weighted by molar-refractivity contribution is 5.77. The Morgan fingerprint density at radius 1 is 1.21 bits per heavy atom. The monoisotopic (exact) mass is 401 g/mol. The largest absolute Gasteiger partial charge is 0.494 e. The van der Waals surface area contributed by atoms with Crippen LogP contribution < -0.4 is 14.5 Å². The van der Waals surface area contributed by atoms with Crippen molar-refractivity contribution in [1.29, 1.82) is 0 Å². The van der Waals surface area contributed by atoms with E-state index in [0.717, 1.165) is 43.2 Å². The molecule has 0 aromatic heterocycles. The van der Waals surface area contributed by atoms with Crippen molar-refractivity contribution in [2.75, 3.05) is 46.9 Å². The van der Waals surface area contributed by atoms with E-state index in [-0.39, 0.29) is 17.5 Å². The summed E-state index contributed by atoms with van der Waals surface area (Å²) in [6.07, 6.45) is 0. The number of quaternary nitrogens is 2. The van der Waals surface area contributed by atoms with Crippen LogP contribution in [0.25, 0.3) is 0 Å². The summed E-state index contributed by atoms with van der Waals surface area (Å²) in [5.41, 5.74) is 3.58. The van der Waals surface area contributed by atoms with Crippen molar-refractivity contribution in [3.8, 4) is 5.75 Å². The number of nitrogens with one attached hydrogen (secondary N) is 2. The quantitative estimate of drug-likeness (QED) is 0.690. The molecule has 156 valence electrons. The normalized spacial score (nSPS) is 15.9. The maximum absolute atomic E-state index is 13.9. The van der Waals surface area contributed by atoms with E-state index in [1.165, 1.54) is 29.2 Å². The van der Waals surface area contributed by atoms with Crippen LogP contribution in [0, 0.1) is 12.7 Å². The summed E-state index contributed by atoms with van der Waals surface area (Å²) < 4.78 is 18.8. The number of ether oxygens (including phenoxy) is 1. The van der Waals surface area contributed by atoms with Crippen LogP contribution in [0.15, 0.2) is 42.5 Å². The second kappa shape index (κ2) is 9.85. The van der Waals surface area contributed by atoms with Gasteiger partial charge in [-0.25, -0.2) is 4.39 Å². The van der Waals surface area contributed by atoms with E-state index in [2.05, 4.69) is 31.2 Å². The fourth-order valence-electron chi connectivity index (χ4n) is 3.93. The molecule has 2 aromatic rings. The molecule has 5 nitrogen and oxygen atoms in total. The number of aryl methyl sites for hydroxylation is 1. The van der Waals surface area contributed by atoms with Crippen LogP contribution in [0.1, 0.15) is 16.7 Å². The molecule has 1 atom stereocenters. The topological polar surface area (TPSA) is 38.4 Å². The Balaban J connectivity index is 1.45. The lowest BCUT2D eigenvalue weighted by molar-refractivity contribution is -0.918. The van der Waals surface area contributed by atoms with Gasteiger partial charge in [-0.1, -0.05) is 24.3 Å². The highest BCUT2D eigenvalue weighted by Crippen LogP contribution is 2.17. The maximum Gasteiger partial charge on any atom is 0.278 e. The molecule has 1 saturated heterocycles. The predicted molar refractivity (Wildman–Crippen MR) is 111 cm³/mol. The number of nitrogens with zero attached hydrogens (tertiary/aromatic N) is 1. The highest BCUT2D eigenvalue weighted by Gasteiger charge is 2.26. The van der Waals surface area contributed by atoms with Gasteiger partial charge in [0.25, 0.3) is 5.91 Å². The number of amides is 1. The molecule has 1 aliphatic rings. The molecule has 1 fully saturated rings. The number of hydrogen-bond donors (Lipinski definition) is 2. The zero-order valence-corrected chi connectivity index (χ0v) is 17.6. The van der Waals surface area contributed by atoms with Crippen molar-refractivity contribution in [3.05, 3.63) is 65.0 Å². The van der Waals surface area contributed by atoms with Gasteiger partial charge in [0, 0.05) is 11.1 Å². The van der Waals surface area contributed by atoms with Gasteiger partial charge in [-0.2, -0.15) is 0 Å². The van der Waals surface area contributed by atoms with Gasteiger partial charge >= 0.3 is 0 Å². The van der Waals surface area contributed by atoms with Gasteiger partial charge < -0.3 is 19.4 Å². The van der Waals surface area contributed by atoms with Crippen LogP contribution in [-0.4, -0.2) is 57.7 Å². The van der Waals surface area contributed by atoms with E-state index in [9.17, 15) is 9.18 Å². The lowest BCUT2D eigenvalue weighted by Gasteiger charge is -2.32. The van der Waals surface area contributed by atoms with Gasteiger partial charge in [-0.15, -0.1) is 0 Å². The van der Waals surface area contributed by atoms with Gasteiger partial charge in [0.2, 0.25) is 0 Å². The Hall–Kier alpha value is -2.44. The molecule has 3 rings (SSSR count). The minimum absolute atomic E-state index is 0.173. The molecule has 0 bridgehead atoms. The molecule has 2 N–H and O–H groups in total. The van der Waals surface area contributed by atoms with Crippen LogP contribution in [0.5, 0.6) is 5.75 Å². The lowest BCUT2D eigenvalue weighted by atomic mass is 10.1. The third-order valence-electron chi connectivity index (χ3n) is 5.70. The first kappa shape index (κ1) is 21.3. The summed E-state index contributed by atoms with van der Waals surface area (Å²) in [6, 6.07) is 13.5. The first-order chi connectivity index (χ1) is 14.0. The maximum atomic E-state index is 13.9. The molecule has 0 saturated carbocycles. The minimum atomic E-state index is -0.364. The van der Waals surface area contributed by atoms with Crippen molar-refractivity contribution in [1.82, 2.24) is 4.90 Å². The number of carbonyl (C=O) groups excluding carboxylic acids is 1. The van der Waals surface area contributed by atoms with Crippen molar-refractivity contribution in [2.24, 2.45) is 0 Å². The fraction of sp³-hybridized carbons (Fsp3) is 0.435. The van der Waals surface area contributed by atoms with Crippen molar-refractivity contribution in [3.63, 3.8) is 0 Å². The van der Waals surface area contributed by atoms with Crippen molar-refractivity contribution >= 4 is 5.91 Å². The van der Waals surface area contributed by atoms with E-state index >= 15 is 0 Å². The molecular weight excluding hydrogens is 369 g/mol. The van der Waals surface area contributed by atoms with Crippen molar-refractivity contribution < 1.29 is 23.7 Å². The molecule has 29 heavy (non-hydrogen) atoms. The summed E-state index contributed by atoms with van der Waals surface area (Å²) >= 11 is 0. The number of benzene rings is 2. The Morgan fingerprint density at radius 3 is 2.59 bits per heavy atom. The van der Waals surface area contributed by atoms with E-state index < -0.39 is 0 Å². The Labute approximate surface area is 172 Å². The van der Waals surface area contributed by atoms with Gasteiger partial charge in [0.1, 0.15) is 13.1 Å². The van der Waals surface area contributed by atoms with E-state index in [4.69, 9.17) is 4.74 Å². The first-order valence-electron chi connectivity index (χ1n) is 10.3. The van der Waals surface area contributed by atoms with Crippen LogP contribution in [0.2, 0.25) is 0 Å². The summed E-state index contributed by atoms with van der Waals surface area (Å²) in [6.45, 7) is 7.73. The summed E-state index contributed by atoms with van der Waals surface area (Å²) in [4.78, 5) is 17.2. The zero-order valence-electron chi connectivity index (χ0n) is 17.6. The Bertz CT molecular complexity index is 835. The average Bonchev–Trinajstić information content (AvgIpc) is 2.70. The second-order valence-corrected chi connectivity index (χ2v) is 8.01. The molecule has 0 radical (unpaired) electrons. The number of methoxy groups -OCH3 is 1. The third-order valence-corrected chi connectivity index (χ3v) is 5.70. The molecule has 1 aliphatic heterocycles. The first-order valence-corrected chi connectivity index (χ1v) is 10.3. The van der Waals surface area contributed by atoms with Gasteiger partial charge in [-0.3, -0.25) is 4.79 Å². The van der Waals surface area contributed by atoms with E-state index in [1.807, 2.05) is 18.0 Å². The summed E-state index contributed by atoms with van der Waals surface area (Å²) in [5.74, 6) is 0.0526. The fourth-order valence-corrected chi connectivity index (χ4v) is 3.93. The molecule has 6 heteroatoms. The average molecular weight is 402 g/mol. The second-order valence-electron chi connectivity index (χ2n) is 8.01. The predicted octanol–water partition coefficient (Wildman–Crippen LogP) is 0.0847. The van der Waals surface area contributed by atoms with Gasteiger partial charge in [0.15, 0.2) is 18.1 Å². The number of likely N-dealkylation sites (N-methyl/N-ethyl adjacent to an activating group) is 1. The van der Waals surface area contributed by atoms with Gasteiger partial charge in [-0.05, 0) is 30.7 Å². The lowest BCUT2D eigenvalue weighted by Crippen LogP contribution is -3.14. The van der Waals surface area contributed by atoms with Crippen LogP contribution in [-0.2, 0) is 17.9 Å². The van der Waals surface area contributed by atoms with Crippen LogP contribution in [0.3, 0.4) is 0 Å². The van der Waals surface area contributed by atoms with Crippen LogP contribution in [0.4, 0.5) is 4.39 Å². The molecule has 1 amide bonds. The highest BCUT2D eigenvalue weighted by atomic mass is 19.1. The number of carbonyl (C=O) groups is 1. The van der Waals surface area contributed by atoms with Crippen molar-refractivity contribution in [2.45, 2.75) is 20.0 Å². The molecule has 2 aromatic carbocycles.